The maximum atomic E-state index is 10.3. The van der Waals surface area contributed by atoms with Crippen LogP contribution in [0.15, 0.2) is 28.7 Å². The molecule has 1 N–H and O–H groups in total. The Bertz CT molecular complexity index is 312. The Hall–Kier alpha value is -0.340. The van der Waals surface area contributed by atoms with Crippen LogP contribution in [0.2, 0.25) is 0 Å². The van der Waals surface area contributed by atoms with Crippen LogP contribution in [0.5, 0.6) is 0 Å². The number of benzene rings is 1. The highest BCUT2D eigenvalue weighted by molar-refractivity contribution is 9.10. The van der Waals surface area contributed by atoms with E-state index in [9.17, 15) is 5.11 Å². The van der Waals surface area contributed by atoms with Crippen LogP contribution in [0.3, 0.4) is 0 Å². The first-order valence-corrected chi connectivity index (χ1v) is 7.00. The highest BCUT2D eigenvalue weighted by Crippen LogP contribution is 2.33. The zero-order valence-corrected chi connectivity index (χ0v) is 11.1. The second-order valence-corrected chi connectivity index (χ2v) is 5.66. The minimum absolute atomic E-state index is 0.272. The maximum absolute atomic E-state index is 10.3. The summed E-state index contributed by atoms with van der Waals surface area (Å²) in [4.78, 5) is 0. The molecule has 88 valence electrons. The van der Waals surface area contributed by atoms with E-state index in [1.54, 1.807) is 0 Å². The molecular weight excluding hydrogens is 264 g/mol. The zero-order chi connectivity index (χ0) is 11.4. The van der Waals surface area contributed by atoms with Crippen LogP contribution in [-0.4, -0.2) is 5.11 Å². The predicted octanol–water partition coefficient (Wildman–Crippen LogP) is 4.45. The van der Waals surface area contributed by atoms with Crippen LogP contribution in [0.25, 0.3) is 0 Å². The second-order valence-electron chi connectivity index (χ2n) is 4.75. The van der Waals surface area contributed by atoms with E-state index in [0.29, 0.717) is 5.92 Å². The minimum Gasteiger partial charge on any atom is -0.388 e. The predicted molar refractivity (Wildman–Crippen MR) is 70.3 cm³/mol. The van der Waals surface area contributed by atoms with Gasteiger partial charge in [-0.1, -0.05) is 53.7 Å². The first-order valence-electron chi connectivity index (χ1n) is 6.21. The van der Waals surface area contributed by atoms with Gasteiger partial charge in [0, 0.05) is 4.47 Å². The van der Waals surface area contributed by atoms with Crippen LogP contribution in [0, 0.1) is 5.92 Å². The Labute approximate surface area is 106 Å². The molecule has 2 heteroatoms. The number of rotatable bonds is 2. The largest absolute Gasteiger partial charge is 0.388 e. The number of halogens is 1. The Morgan fingerprint density at radius 1 is 1.00 bits per heavy atom. The molecule has 1 nitrogen and oxygen atoms in total. The Morgan fingerprint density at radius 3 is 2.12 bits per heavy atom. The monoisotopic (exact) mass is 282 g/mol. The van der Waals surface area contributed by atoms with E-state index in [4.69, 9.17) is 0 Å². The van der Waals surface area contributed by atoms with E-state index in [1.807, 2.05) is 24.3 Å². The van der Waals surface area contributed by atoms with Crippen LogP contribution < -0.4 is 0 Å². The van der Waals surface area contributed by atoms with Gasteiger partial charge < -0.3 is 5.11 Å². The molecule has 1 saturated carbocycles. The third-order valence-electron chi connectivity index (χ3n) is 3.56. The summed E-state index contributed by atoms with van der Waals surface area (Å²) in [5.74, 6) is 0.462. The molecule has 0 aromatic heterocycles. The van der Waals surface area contributed by atoms with Crippen molar-refractivity contribution in [3.8, 4) is 0 Å². The summed E-state index contributed by atoms with van der Waals surface area (Å²) < 4.78 is 1.07. The maximum Gasteiger partial charge on any atom is 0.0818 e. The molecule has 1 aromatic rings. The zero-order valence-electron chi connectivity index (χ0n) is 9.53. The third kappa shape index (κ3) is 3.08. The van der Waals surface area contributed by atoms with E-state index in [-0.39, 0.29) is 6.10 Å². The van der Waals surface area contributed by atoms with Gasteiger partial charge in [-0.3, -0.25) is 0 Å². The molecule has 0 radical (unpaired) electrons. The van der Waals surface area contributed by atoms with Crippen molar-refractivity contribution in [1.29, 1.82) is 0 Å². The van der Waals surface area contributed by atoms with Crippen LogP contribution in [0.4, 0.5) is 0 Å². The topological polar surface area (TPSA) is 20.2 Å². The fourth-order valence-electron chi connectivity index (χ4n) is 2.56. The van der Waals surface area contributed by atoms with Gasteiger partial charge in [-0.15, -0.1) is 0 Å². The van der Waals surface area contributed by atoms with Crippen molar-refractivity contribution in [1.82, 2.24) is 0 Å². The molecular formula is C14H19BrO. The second kappa shape index (κ2) is 5.83. The summed E-state index contributed by atoms with van der Waals surface area (Å²) in [5, 5.41) is 10.3. The molecule has 1 aliphatic rings. The fraction of sp³-hybridized carbons (Fsp3) is 0.571. The van der Waals surface area contributed by atoms with Gasteiger partial charge in [-0.25, -0.2) is 0 Å². The van der Waals surface area contributed by atoms with E-state index < -0.39 is 0 Å². The van der Waals surface area contributed by atoms with Crippen molar-refractivity contribution < 1.29 is 5.11 Å². The Balaban J connectivity index is 2.04. The lowest BCUT2D eigenvalue weighted by Crippen LogP contribution is -2.11. The standard InChI is InChI=1S/C14H19BrO/c15-13-9-7-12(8-10-13)14(16)11-5-3-1-2-4-6-11/h7-11,14,16H,1-6H2. The summed E-state index contributed by atoms with van der Waals surface area (Å²) in [5.41, 5.74) is 1.06. The first-order chi connectivity index (χ1) is 7.77. The average molecular weight is 283 g/mol. The fourth-order valence-corrected chi connectivity index (χ4v) is 2.82. The summed E-state index contributed by atoms with van der Waals surface area (Å²) in [6, 6.07) is 8.07. The smallest absolute Gasteiger partial charge is 0.0818 e. The van der Waals surface area contributed by atoms with E-state index in [0.717, 1.165) is 10.0 Å². The molecule has 1 unspecified atom stereocenters. The van der Waals surface area contributed by atoms with E-state index >= 15 is 0 Å². The van der Waals surface area contributed by atoms with Crippen molar-refractivity contribution in [2.75, 3.05) is 0 Å². The highest BCUT2D eigenvalue weighted by Gasteiger charge is 2.21. The number of hydrogen-bond acceptors (Lipinski definition) is 1. The van der Waals surface area contributed by atoms with Crippen molar-refractivity contribution in [2.24, 2.45) is 5.92 Å². The molecule has 0 heterocycles. The lowest BCUT2D eigenvalue weighted by molar-refractivity contribution is 0.0988. The molecule has 1 fully saturated rings. The Kier molecular flexibility index (Phi) is 4.42. The minimum atomic E-state index is -0.272. The lowest BCUT2D eigenvalue weighted by atomic mass is 9.89. The molecule has 1 aromatic carbocycles. The van der Waals surface area contributed by atoms with Crippen molar-refractivity contribution >= 4 is 15.9 Å². The molecule has 16 heavy (non-hydrogen) atoms. The normalized spacial score (nSPS) is 20.4. The molecule has 2 rings (SSSR count). The van der Waals surface area contributed by atoms with Gasteiger partial charge >= 0.3 is 0 Å². The van der Waals surface area contributed by atoms with E-state index in [2.05, 4.69) is 15.9 Å². The third-order valence-corrected chi connectivity index (χ3v) is 4.09. The summed E-state index contributed by atoms with van der Waals surface area (Å²) in [6.07, 6.45) is 7.31. The summed E-state index contributed by atoms with van der Waals surface area (Å²) in [6.45, 7) is 0. The summed E-state index contributed by atoms with van der Waals surface area (Å²) >= 11 is 3.42. The molecule has 0 saturated heterocycles. The van der Waals surface area contributed by atoms with Crippen molar-refractivity contribution in [3.63, 3.8) is 0 Å². The molecule has 1 atom stereocenters. The lowest BCUT2D eigenvalue weighted by Gasteiger charge is -2.21. The van der Waals surface area contributed by atoms with Gasteiger partial charge in [0.05, 0.1) is 6.10 Å². The molecule has 0 aliphatic heterocycles. The summed E-state index contributed by atoms with van der Waals surface area (Å²) in [7, 11) is 0. The number of hydrogen-bond donors (Lipinski definition) is 1. The number of aliphatic hydroxyl groups is 1. The molecule has 0 amide bonds. The molecule has 0 bridgehead atoms. The van der Waals surface area contributed by atoms with Crippen molar-refractivity contribution in [3.05, 3.63) is 34.3 Å². The van der Waals surface area contributed by atoms with Gasteiger partial charge in [0.2, 0.25) is 0 Å². The van der Waals surface area contributed by atoms with Crippen LogP contribution in [-0.2, 0) is 0 Å². The average Bonchev–Trinajstić information content (AvgIpc) is 2.57. The van der Waals surface area contributed by atoms with Crippen molar-refractivity contribution in [2.45, 2.75) is 44.6 Å². The highest BCUT2D eigenvalue weighted by atomic mass is 79.9. The SMILES string of the molecule is OC(c1ccc(Br)cc1)C1CCCCCC1. The van der Waals surface area contributed by atoms with Gasteiger partial charge in [0.1, 0.15) is 0 Å². The van der Waals surface area contributed by atoms with Gasteiger partial charge in [0.25, 0.3) is 0 Å². The van der Waals surface area contributed by atoms with E-state index in [1.165, 1.54) is 38.5 Å². The molecule has 1 aliphatic carbocycles. The number of aliphatic hydroxyl groups excluding tert-OH is 1. The first kappa shape index (κ1) is 12.1. The Morgan fingerprint density at radius 2 is 1.56 bits per heavy atom. The molecule has 0 spiro atoms. The van der Waals surface area contributed by atoms with Gasteiger partial charge in [0.15, 0.2) is 0 Å². The van der Waals surface area contributed by atoms with Gasteiger partial charge in [-0.2, -0.15) is 0 Å². The quantitative estimate of drug-likeness (QED) is 0.795. The van der Waals surface area contributed by atoms with Gasteiger partial charge in [-0.05, 0) is 36.5 Å². The van der Waals surface area contributed by atoms with Crippen LogP contribution in [0.1, 0.15) is 50.2 Å². The van der Waals surface area contributed by atoms with Crippen LogP contribution >= 0.6 is 15.9 Å².